The van der Waals surface area contributed by atoms with Crippen molar-refractivity contribution >= 4 is 5.69 Å². The highest BCUT2D eigenvalue weighted by Gasteiger charge is 2.08. The Morgan fingerprint density at radius 3 is 2.38 bits per heavy atom. The molecule has 0 aliphatic rings. The molecule has 1 rings (SSSR count). The number of rotatable bonds is 2. The lowest BCUT2D eigenvalue weighted by atomic mass is 10.1. The number of non-ortho nitro benzene ring substituents is 1. The fourth-order valence-electron chi connectivity index (χ4n) is 0.853. The van der Waals surface area contributed by atoms with Crippen molar-refractivity contribution in [3.63, 3.8) is 0 Å². The third-order valence-corrected chi connectivity index (χ3v) is 1.54. The maximum atomic E-state index is 10.2. The first-order valence-corrected chi connectivity index (χ1v) is 3.47. The Hall–Kier alpha value is -1.93. The molecule has 0 radical (unpaired) electrons. The molecule has 0 aromatic heterocycles. The summed E-state index contributed by atoms with van der Waals surface area (Å²) in [6.45, 7) is 0. The molecular formula is C8H6N2O3. The van der Waals surface area contributed by atoms with Crippen molar-refractivity contribution in [3.05, 3.63) is 39.9 Å². The number of nitro groups is 1. The lowest BCUT2D eigenvalue weighted by Gasteiger charge is -1.99. The van der Waals surface area contributed by atoms with Crippen LogP contribution in [0.1, 0.15) is 11.7 Å². The second kappa shape index (κ2) is 3.65. The standard InChI is InChI=1S/C8H6N2O3/c9-5-8(11)6-1-3-7(4-2-6)10(12)13/h1-4,8,11H/t8-/m1/s1. The highest BCUT2D eigenvalue weighted by Crippen LogP contribution is 2.16. The van der Waals surface area contributed by atoms with Crippen LogP contribution in [-0.4, -0.2) is 10.0 Å². The first-order chi connectivity index (χ1) is 6.15. The topological polar surface area (TPSA) is 87.2 Å². The second-order valence-corrected chi connectivity index (χ2v) is 2.38. The van der Waals surface area contributed by atoms with Crippen LogP contribution in [0.25, 0.3) is 0 Å². The van der Waals surface area contributed by atoms with Gasteiger partial charge in [0.1, 0.15) is 0 Å². The van der Waals surface area contributed by atoms with Crippen LogP contribution in [-0.2, 0) is 0 Å². The Morgan fingerprint density at radius 2 is 2.00 bits per heavy atom. The van der Waals surface area contributed by atoms with E-state index in [0.717, 1.165) is 0 Å². The average Bonchev–Trinajstić information content (AvgIpc) is 2.17. The molecule has 0 fully saturated rings. The lowest BCUT2D eigenvalue weighted by Crippen LogP contribution is -1.94. The molecule has 1 aromatic rings. The third kappa shape index (κ3) is 2.01. The zero-order valence-electron chi connectivity index (χ0n) is 6.54. The van der Waals surface area contributed by atoms with E-state index >= 15 is 0 Å². The zero-order chi connectivity index (χ0) is 9.84. The number of hydrogen-bond donors (Lipinski definition) is 1. The Labute approximate surface area is 74.0 Å². The molecule has 0 heterocycles. The highest BCUT2D eigenvalue weighted by molar-refractivity contribution is 5.34. The Bertz CT molecular complexity index is 353. The molecule has 0 amide bonds. The van der Waals surface area contributed by atoms with Gasteiger partial charge >= 0.3 is 0 Å². The van der Waals surface area contributed by atoms with E-state index in [9.17, 15) is 10.1 Å². The van der Waals surface area contributed by atoms with Gasteiger partial charge in [-0.15, -0.1) is 0 Å². The van der Waals surface area contributed by atoms with E-state index in [1.54, 1.807) is 6.07 Å². The van der Waals surface area contributed by atoms with Gasteiger partial charge in [0.15, 0.2) is 6.10 Å². The molecule has 0 saturated heterocycles. The van der Waals surface area contributed by atoms with Gasteiger partial charge in [-0.3, -0.25) is 10.1 Å². The van der Waals surface area contributed by atoms with Crippen LogP contribution in [0.3, 0.4) is 0 Å². The van der Waals surface area contributed by atoms with Crippen molar-refractivity contribution in [2.24, 2.45) is 0 Å². The molecule has 1 N–H and O–H groups in total. The van der Waals surface area contributed by atoms with E-state index in [4.69, 9.17) is 10.4 Å². The number of hydrogen-bond acceptors (Lipinski definition) is 4. The van der Waals surface area contributed by atoms with E-state index in [-0.39, 0.29) is 5.69 Å². The largest absolute Gasteiger partial charge is 0.374 e. The SMILES string of the molecule is N#C[C@@H](O)c1ccc([N+](=O)[O-])cc1. The maximum absolute atomic E-state index is 10.2. The van der Waals surface area contributed by atoms with Gasteiger partial charge in [0, 0.05) is 12.1 Å². The molecule has 1 atom stereocenters. The fourth-order valence-corrected chi connectivity index (χ4v) is 0.853. The predicted molar refractivity (Wildman–Crippen MR) is 43.7 cm³/mol. The van der Waals surface area contributed by atoms with E-state index in [2.05, 4.69) is 0 Å². The molecule has 0 unspecified atom stereocenters. The van der Waals surface area contributed by atoms with Crippen LogP contribution in [0, 0.1) is 21.4 Å². The molecule has 1 aromatic carbocycles. The molecule has 5 nitrogen and oxygen atoms in total. The highest BCUT2D eigenvalue weighted by atomic mass is 16.6. The first-order valence-electron chi connectivity index (χ1n) is 3.47. The Kier molecular flexibility index (Phi) is 2.57. The normalized spacial score (nSPS) is 11.7. The van der Waals surface area contributed by atoms with E-state index < -0.39 is 11.0 Å². The molecular weight excluding hydrogens is 172 g/mol. The molecule has 0 bridgehead atoms. The number of nitrogens with zero attached hydrogens (tertiary/aromatic N) is 2. The molecule has 0 spiro atoms. The fraction of sp³-hybridized carbons (Fsp3) is 0.125. The van der Waals surface area contributed by atoms with Gasteiger partial charge in [-0.25, -0.2) is 0 Å². The van der Waals surface area contributed by atoms with Crippen molar-refractivity contribution in [2.45, 2.75) is 6.10 Å². The van der Waals surface area contributed by atoms with Gasteiger partial charge in [-0.05, 0) is 17.7 Å². The summed E-state index contributed by atoms with van der Waals surface area (Å²) in [5.74, 6) is 0. The summed E-state index contributed by atoms with van der Waals surface area (Å²) in [6.07, 6.45) is -1.22. The number of aliphatic hydroxyl groups is 1. The summed E-state index contributed by atoms with van der Waals surface area (Å²) in [5, 5.41) is 27.6. The first kappa shape index (κ1) is 9.16. The summed E-state index contributed by atoms with van der Waals surface area (Å²) in [7, 11) is 0. The van der Waals surface area contributed by atoms with Gasteiger partial charge in [0.2, 0.25) is 0 Å². The van der Waals surface area contributed by atoms with Crippen LogP contribution >= 0.6 is 0 Å². The number of nitriles is 1. The van der Waals surface area contributed by atoms with Gasteiger partial charge < -0.3 is 5.11 Å². The minimum Gasteiger partial charge on any atom is -0.374 e. The van der Waals surface area contributed by atoms with E-state index in [1.807, 2.05) is 0 Å². The summed E-state index contributed by atoms with van der Waals surface area (Å²) >= 11 is 0. The Morgan fingerprint density at radius 1 is 1.46 bits per heavy atom. The quantitative estimate of drug-likeness (QED) is 0.418. The summed E-state index contributed by atoms with van der Waals surface area (Å²) in [4.78, 5) is 9.69. The van der Waals surface area contributed by atoms with Crippen LogP contribution in [0.4, 0.5) is 5.69 Å². The van der Waals surface area contributed by atoms with Crippen LogP contribution < -0.4 is 0 Å². The van der Waals surface area contributed by atoms with Crippen molar-refractivity contribution in [1.29, 1.82) is 5.26 Å². The van der Waals surface area contributed by atoms with Crippen LogP contribution in [0.15, 0.2) is 24.3 Å². The van der Waals surface area contributed by atoms with Crippen molar-refractivity contribution in [3.8, 4) is 6.07 Å². The smallest absolute Gasteiger partial charge is 0.269 e. The summed E-state index contributed by atoms with van der Waals surface area (Å²) in [6, 6.07) is 6.81. The van der Waals surface area contributed by atoms with Crippen LogP contribution in [0.2, 0.25) is 0 Å². The number of benzene rings is 1. The Balaban J connectivity index is 2.95. The van der Waals surface area contributed by atoms with Crippen molar-refractivity contribution < 1.29 is 10.0 Å². The van der Waals surface area contributed by atoms with Gasteiger partial charge in [-0.2, -0.15) is 5.26 Å². The minimum atomic E-state index is -1.22. The van der Waals surface area contributed by atoms with E-state index in [1.165, 1.54) is 24.3 Å². The minimum absolute atomic E-state index is 0.0612. The van der Waals surface area contributed by atoms with Crippen molar-refractivity contribution in [2.75, 3.05) is 0 Å². The third-order valence-electron chi connectivity index (χ3n) is 1.54. The average molecular weight is 178 g/mol. The van der Waals surface area contributed by atoms with Gasteiger partial charge in [0.05, 0.1) is 11.0 Å². The molecule has 66 valence electrons. The van der Waals surface area contributed by atoms with E-state index in [0.29, 0.717) is 5.56 Å². The second-order valence-electron chi connectivity index (χ2n) is 2.38. The molecule has 0 saturated carbocycles. The molecule has 0 aliphatic carbocycles. The van der Waals surface area contributed by atoms with Gasteiger partial charge in [-0.1, -0.05) is 0 Å². The predicted octanol–water partition coefficient (Wildman–Crippen LogP) is 1.15. The molecule has 5 heteroatoms. The molecule has 0 aliphatic heterocycles. The number of nitro benzene ring substituents is 1. The maximum Gasteiger partial charge on any atom is 0.269 e. The summed E-state index contributed by atoms with van der Waals surface area (Å²) < 4.78 is 0. The van der Waals surface area contributed by atoms with Crippen molar-refractivity contribution in [1.82, 2.24) is 0 Å². The molecule has 13 heavy (non-hydrogen) atoms. The summed E-state index contributed by atoms with van der Waals surface area (Å²) in [5.41, 5.74) is 0.294. The van der Waals surface area contributed by atoms with Crippen LogP contribution in [0.5, 0.6) is 0 Å². The number of aliphatic hydroxyl groups excluding tert-OH is 1. The zero-order valence-corrected chi connectivity index (χ0v) is 6.54. The van der Waals surface area contributed by atoms with Gasteiger partial charge in [0.25, 0.3) is 5.69 Å². The lowest BCUT2D eigenvalue weighted by molar-refractivity contribution is -0.384. The monoisotopic (exact) mass is 178 g/mol.